The normalized spacial score (nSPS) is 15.4. The van der Waals surface area contributed by atoms with E-state index >= 15 is 0 Å². The highest BCUT2D eigenvalue weighted by Gasteiger charge is 2.14. The van der Waals surface area contributed by atoms with Crippen molar-refractivity contribution in [1.82, 2.24) is 10.2 Å². The first kappa shape index (κ1) is 23.2. The summed E-state index contributed by atoms with van der Waals surface area (Å²) in [6.45, 7) is 6.31. The molecule has 1 fully saturated rings. The van der Waals surface area contributed by atoms with E-state index in [2.05, 4.69) is 53.4 Å². The molecule has 0 bridgehead atoms. The van der Waals surface area contributed by atoms with Crippen molar-refractivity contribution in [3.05, 3.63) is 35.4 Å². The average molecular weight is 475 g/mol. The molecule has 26 heavy (non-hydrogen) atoms. The van der Waals surface area contributed by atoms with Gasteiger partial charge in [-0.1, -0.05) is 37.6 Å². The highest BCUT2D eigenvalue weighted by Crippen LogP contribution is 2.14. The van der Waals surface area contributed by atoms with Crippen molar-refractivity contribution in [1.29, 1.82) is 0 Å². The van der Waals surface area contributed by atoms with Gasteiger partial charge in [-0.05, 0) is 30.4 Å². The number of benzene rings is 1. The van der Waals surface area contributed by atoms with E-state index in [9.17, 15) is 0 Å². The second kappa shape index (κ2) is 13.3. The minimum absolute atomic E-state index is 0. The fourth-order valence-corrected chi connectivity index (χ4v) is 2.95. The largest absolute Gasteiger partial charge is 0.381 e. The van der Waals surface area contributed by atoms with Gasteiger partial charge in [0, 0.05) is 40.4 Å². The number of nitrogens with zero attached hydrogens (tertiary/aromatic N) is 2. The lowest BCUT2D eigenvalue weighted by molar-refractivity contribution is -0.0390. The topological polar surface area (TPSA) is 46.1 Å². The molecule has 1 aromatic rings. The number of hydrogen-bond donors (Lipinski definition) is 1. The van der Waals surface area contributed by atoms with E-state index in [1.54, 1.807) is 0 Å². The standard InChI is InChI=1S/C20H33N3O2.HI/c1-4-5-11-23(3)20(21-2)22-15-17-7-6-8-18(14-17)16-25-19-9-12-24-13-10-19;/h6-8,14,19H,4-5,9-13,15-16H2,1-3H3,(H,21,22);1H. The predicted octanol–water partition coefficient (Wildman–Crippen LogP) is 3.81. The van der Waals surface area contributed by atoms with Crippen LogP contribution < -0.4 is 5.32 Å². The first-order valence-corrected chi connectivity index (χ1v) is 9.42. The van der Waals surface area contributed by atoms with Crippen molar-refractivity contribution >= 4 is 29.9 Å². The highest BCUT2D eigenvalue weighted by atomic mass is 127. The molecule has 0 unspecified atom stereocenters. The molecule has 0 aromatic heterocycles. The van der Waals surface area contributed by atoms with Gasteiger partial charge >= 0.3 is 0 Å². The Hall–Kier alpha value is -0.860. The molecule has 0 spiro atoms. The number of aliphatic imine (C=N–C) groups is 1. The SMILES string of the molecule is CCCCN(C)C(=NC)NCc1cccc(COC2CCOCC2)c1.I. The summed E-state index contributed by atoms with van der Waals surface area (Å²) in [5.41, 5.74) is 2.47. The molecule has 1 heterocycles. The second-order valence-corrected chi connectivity index (χ2v) is 6.62. The molecular weight excluding hydrogens is 441 g/mol. The summed E-state index contributed by atoms with van der Waals surface area (Å²) in [6, 6.07) is 8.59. The Labute approximate surface area is 175 Å². The van der Waals surface area contributed by atoms with Gasteiger partial charge in [0.2, 0.25) is 0 Å². The summed E-state index contributed by atoms with van der Waals surface area (Å²) in [4.78, 5) is 6.55. The number of halogens is 1. The monoisotopic (exact) mass is 475 g/mol. The molecule has 1 aliphatic heterocycles. The zero-order chi connectivity index (χ0) is 17.9. The molecule has 0 amide bonds. The first-order valence-electron chi connectivity index (χ1n) is 9.42. The van der Waals surface area contributed by atoms with Crippen LogP contribution in [0.5, 0.6) is 0 Å². The zero-order valence-electron chi connectivity index (χ0n) is 16.4. The Morgan fingerprint density at radius 3 is 2.73 bits per heavy atom. The fraction of sp³-hybridized carbons (Fsp3) is 0.650. The number of guanidine groups is 1. The van der Waals surface area contributed by atoms with Crippen LogP contribution in [0.4, 0.5) is 0 Å². The van der Waals surface area contributed by atoms with Gasteiger partial charge in [0.15, 0.2) is 5.96 Å². The third-order valence-electron chi connectivity index (χ3n) is 4.52. The fourth-order valence-electron chi connectivity index (χ4n) is 2.95. The maximum atomic E-state index is 6.02. The Kier molecular flexibility index (Phi) is 11.9. The molecule has 1 N–H and O–H groups in total. The van der Waals surface area contributed by atoms with Crippen LogP contribution >= 0.6 is 24.0 Å². The molecule has 0 aliphatic carbocycles. The van der Waals surface area contributed by atoms with E-state index in [1.807, 2.05) is 7.05 Å². The van der Waals surface area contributed by atoms with Gasteiger partial charge in [-0.25, -0.2) is 0 Å². The van der Waals surface area contributed by atoms with Crippen LogP contribution in [0.2, 0.25) is 0 Å². The van der Waals surface area contributed by atoms with Crippen LogP contribution in [0.25, 0.3) is 0 Å². The lowest BCUT2D eigenvalue weighted by Crippen LogP contribution is -2.38. The molecule has 0 radical (unpaired) electrons. The van der Waals surface area contributed by atoms with Crippen LogP contribution in [0.1, 0.15) is 43.7 Å². The van der Waals surface area contributed by atoms with Crippen LogP contribution in [0.15, 0.2) is 29.3 Å². The van der Waals surface area contributed by atoms with Gasteiger partial charge in [0.05, 0.1) is 12.7 Å². The van der Waals surface area contributed by atoms with Crippen LogP contribution in [0, 0.1) is 0 Å². The third-order valence-corrected chi connectivity index (χ3v) is 4.52. The van der Waals surface area contributed by atoms with Crippen molar-refractivity contribution < 1.29 is 9.47 Å². The first-order chi connectivity index (χ1) is 12.2. The Morgan fingerprint density at radius 2 is 2.04 bits per heavy atom. The molecule has 1 saturated heterocycles. The average Bonchev–Trinajstić information content (AvgIpc) is 2.66. The summed E-state index contributed by atoms with van der Waals surface area (Å²) in [7, 11) is 3.92. The summed E-state index contributed by atoms with van der Waals surface area (Å²) < 4.78 is 11.4. The predicted molar refractivity (Wildman–Crippen MR) is 118 cm³/mol. The third kappa shape index (κ3) is 8.22. The van der Waals surface area contributed by atoms with Gasteiger partial charge < -0.3 is 19.7 Å². The summed E-state index contributed by atoms with van der Waals surface area (Å²) in [6.07, 6.45) is 4.71. The Morgan fingerprint density at radius 1 is 1.31 bits per heavy atom. The molecule has 0 atom stereocenters. The quantitative estimate of drug-likeness (QED) is 0.353. The maximum absolute atomic E-state index is 6.02. The van der Waals surface area contributed by atoms with Gasteiger partial charge in [-0.15, -0.1) is 24.0 Å². The zero-order valence-corrected chi connectivity index (χ0v) is 18.7. The lowest BCUT2D eigenvalue weighted by Gasteiger charge is -2.23. The molecule has 6 heteroatoms. The van der Waals surface area contributed by atoms with E-state index in [4.69, 9.17) is 9.47 Å². The molecule has 2 rings (SSSR count). The van der Waals surface area contributed by atoms with Gasteiger partial charge in [0.25, 0.3) is 0 Å². The van der Waals surface area contributed by atoms with Crippen molar-refractivity contribution in [2.75, 3.05) is 33.9 Å². The molecule has 1 aromatic carbocycles. The molecule has 148 valence electrons. The number of nitrogens with one attached hydrogen (secondary N) is 1. The molecule has 1 aliphatic rings. The number of rotatable bonds is 8. The number of ether oxygens (including phenoxy) is 2. The van der Waals surface area contributed by atoms with E-state index < -0.39 is 0 Å². The smallest absolute Gasteiger partial charge is 0.193 e. The Bertz CT molecular complexity index is 534. The van der Waals surface area contributed by atoms with E-state index in [0.717, 1.165) is 45.1 Å². The minimum Gasteiger partial charge on any atom is -0.381 e. The van der Waals surface area contributed by atoms with Gasteiger partial charge in [-0.3, -0.25) is 4.99 Å². The van der Waals surface area contributed by atoms with Crippen LogP contribution in [-0.4, -0.2) is 50.8 Å². The molecule has 0 saturated carbocycles. The van der Waals surface area contributed by atoms with Crippen LogP contribution in [0.3, 0.4) is 0 Å². The van der Waals surface area contributed by atoms with Crippen molar-refractivity contribution in [3.8, 4) is 0 Å². The van der Waals surface area contributed by atoms with Gasteiger partial charge in [-0.2, -0.15) is 0 Å². The number of unbranched alkanes of at least 4 members (excludes halogenated alkanes) is 1. The minimum atomic E-state index is 0. The second-order valence-electron chi connectivity index (χ2n) is 6.62. The van der Waals surface area contributed by atoms with E-state index in [0.29, 0.717) is 12.7 Å². The molecule has 5 nitrogen and oxygen atoms in total. The van der Waals surface area contributed by atoms with Gasteiger partial charge in [0.1, 0.15) is 0 Å². The summed E-state index contributed by atoms with van der Waals surface area (Å²) in [5.74, 6) is 0.942. The van der Waals surface area contributed by atoms with Crippen LogP contribution in [-0.2, 0) is 22.6 Å². The van der Waals surface area contributed by atoms with Crippen molar-refractivity contribution in [2.45, 2.75) is 51.9 Å². The Balaban J connectivity index is 0.00000338. The molecular formula is C20H34IN3O2. The van der Waals surface area contributed by atoms with Crippen molar-refractivity contribution in [2.24, 2.45) is 4.99 Å². The van der Waals surface area contributed by atoms with E-state index in [-0.39, 0.29) is 24.0 Å². The number of hydrogen-bond acceptors (Lipinski definition) is 3. The maximum Gasteiger partial charge on any atom is 0.193 e. The lowest BCUT2D eigenvalue weighted by atomic mass is 10.1. The van der Waals surface area contributed by atoms with Crippen molar-refractivity contribution in [3.63, 3.8) is 0 Å². The van der Waals surface area contributed by atoms with E-state index in [1.165, 1.54) is 24.0 Å². The summed E-state index contributed by atoms with van der Waals surface area (Å²) in [5, 5.41) is 3.45. The summed E-state index contributed by atoms with van der Waals surface area (Å²) >= 11 is 0. The highest BCUT2D eigenvalue weighted by molar-refractivity contribution is 14.0.